The molecule has 0 radical (unpaired) electrons. The maximum absolute atomic E-state index is 12.7. The summed E-state index contributed by atoms with van der Waals surface area (Å²) in [6.07, 6.45) is 0.777. The Morgan fingerprint density at radius 3 is 2.23 bits per heavy atom. The molecule has 3 aromatic rings. The lowest BCUT2D eigenvalue weighted by Gasteiger charge is -2.08. The molecular formula is C22H23N3O6. The van der Waals surface area contributed by atoms with Gasteiger partial charge in [-0.25, -0.2) is 9.59 Å². The summed E-state index contributed by atoms with van der Waals surface area (Å²) in [5.74, 6) is -1.72. The number of methoxy groups -OCH3 is 1. The number of aryl methyl sites for hydroxylation is 1. The minimum atomic E-state index is -0.697. The molecule has 0 aliphatic rings. The molecule has 162 valence electrons. The summed E-state index contributed by atoms with van der Waals surface area (Å²) >= 11 is 0. The van der Waals surface area contributed by atoms with E-state index < -0.39 is 24.5 Å². The molecule has 0 bridgehead atoms. The van der Waals surface area contributed by atoms with Crippen molar-refractivity contribution in [2.45, 2.75) is 26.4 Å². The Labute approximate surface area is 178 Å². The molecule has 1 aromatic heterocycles. The van der Waals surface area contributed by atoms with Gasteiger partial charge in [0.2, 0.25) is 0 Å². The number of benzene rings is 2. The number of esters is 2. The van der Waals surface area contributed by atoms with Crippen LogP contribution in [0.3, 0.4) is 0 Å². The maximum atomic E-state index is 12.7. The first-order valence-corrected chi connectivity index (χ1v) is 9.76. The van der Waals surface area contributed by atoms with Gasteiger partial charge >= 0.3 is 17.6 Å². The smallest absolute Gasteiger partial charge is 0.337 e. The monoisotopic (exact) mass is 425 g/mol. The van der Waals surface area contributed by atoms with Gasteiger partial charge in [-0.2, -0.15) is 0 Å². The lowest BCUT2D eigenvalue weighted by atomic mass is 10.2. The van der Waals surface area contributed by atoms with Crippen LogP contribution in [0.2, 0.25) is 0 Å². The van der Waals surface area contributed by atoms with Crippen LogP contribution in [0.1, 0.15) is 23.7 Å². The van der Waals surface area contributed by atoms with Gasteiger partial charge in [0.25, 0.3) is 5.91 Å². The van der Waals surface area contributed by atoms with Gasteiger partial charge in [0.05, 0.1) is 23.7 Å². The third-order valence-electron chi connectivity index (χ3n) is 4.61. The average Bonchev–Trinajstić information content (AvgIpc) is 3.04. The fraction of sp³-hybridized carbons (Fsp3) is 0.273. The number of rotatable bonds is 8. The molecule has 1 heterocycles. The molecule has 1 N–H and O–H groups in total. The molecule has 9 heteroatoms. The van der Waals surface area contributed by atoms with Crippen molar-refractivity contribution >= 4 is 34.6 Å². The third kappa shape index (κ3) is 5.00. The lowest BCUT2D eigenvalue weighted by molar-refractivity contribution is -0.147. The van der Waals surface area contributed by atoms with Crippen LogP contribution in [0.15, 0.2) is 53.3 Å². The quantitative estimate of drug-likeness (QED) is 0.554. The van der Waals surface area contributed by atoms with Gasteiger partial charge in [0.1, 0.15) is 6.54 Å². The number of para-hydroxylation sites is 2. The Hall–Kier alpha value is -3.88. The zero-order valence-electron chi connectivity index (χ0n) is 17.3. The molecular weight excluding hydrogens is 402 g/mol. The van der Waals surface area contributed by atoms with Crippen LogP contribution in [-0.4, -0.2) is 40.7 Å². The standard InChI is InChI=1S/C22H23N3O6/c1-3-12-24-17-6-4-5-7-18(17)25(22(24)29)13-20(27)31-14-19(26)23-16-10-8-15(9-11-16)21(28)30-2/h4-11H,3,12-14H2,1-2H3,(H,23,26). The van der Waals surface area contributed by atoms with Crippen molar-refractivity contribution in [1.29, 1.82) is 0 Å². The number of amides is 1. The summed E-state index contributed by atoms with van der Waals surface area (Å²) in [5, 5.41) is 2.57. The van der Waals surface area contributed by atoms with Crippen LogP contribution in [0, 0.1) is 0 Å². The van der Waals surface area contributed by atoms with Crippen molar-refractivity contribution < 1.29 is 23.9 Å². The summed E-state index contributed by atoms with van der Waals surface area (Å²) < 4.78 is 12.6. The highest BCUT2D eigenvalue weighted by molar-refractivity contribution is 5.94. The highest BCUT2D eigenvalue weighted by atomic mass is 16.5. The summed E-state index contributed by atoms with van der Waals surface area (Å²) in [5.41, 5.74) is 1.87. The van der Waals surface area contributed by atoms with Gasteiger partial charge in [0.15, 0.2) is 6.61 Å². The molecule has 0 aliphatic heterocycles. The molecule has 0 fully saturated rings. The highest BCUT2D eigenvalue weighted by Gasteiger charge is 2.16. The largest absolute Gasteiger partial charge is 0.465 e. The van der Waals surface area contributed by atoms with E-state index in [1.165, 1.54) is 35.9 Å². The Morgan fingerprint density at radius 1 is 0.968 bits per heavy atom. The van der Waals surface area contributed by atoms with Crippen LogP contribution in [-0.2, 0) is 32.2 Å². The number of hydrogen-bond acceptors (Lipinski definition) is 6. The highest BCUT2D eigenvalue weighted by Crippen LogP contribution is 2.13. The van der Waals surface area contributed by atoms with Gasteiger partial charge in [-0.3, -0.25) is 18.7 Å². The minimum absolute atomic E-state index is 0.294. The Bertz CT molecular complexity index is 1160. The van der Waals surface area contributed by atoms with E-state index in [9.17, 15) is 19.2 Å². The molecule has 9 nitrogen and oxygen atoms in total. The number of nitrogens with one attached hydrogen (secondary N) is 1. The molecule has 31 heavy (non-hydrogen) atoms. The van der Waals surface area contributed by atoms with Crippen molar-refractivity contribution in [3.8, 4) is 0 Å². The zero-order valence-corrected chi connectivity index (χ0v) is 17.3. The maximum Gasteiger partial charge on any atom is 0.337 e. The van der Waals surface area contributed by atoms with Crippen molar-refractivity contribution in [1.82, 2.24) is 9.13 Å². The van der Waals surface area contributed by atoms with Crippen molar-refractivity contribution in [2.24, 2.45) is 0 Å². The molecule has 0 saturated carbocycles. The van der Waals surface area contributed by atoms with Crippen LogP contribution in [0.5, 0.6) is 0 Å². The number of carbonyl (C=O) groups excluding carboxylic acids is 3. The molecule has 0 unspecified atom stereocenters. The van der Waals surface area contributed by atoms with E-state index in [4.69, 9.17) is 4.74 Å². The van der Waals surface area contributed by atoms with E-state index in [-0.39, 0.29) is 12.2 Å². The first-order valence-electron chi connectivity index (χ1n) is 9.76. The average molecular weight is 425 g/mol. The number of ether oxygens (including phenoxy) is 2. The fourth-order valence-corrected chi connectivity index (χ4v) is 3.19. The summed E-state index contributed by atoms with van der Waals surface area (Å²) in [7, 11) is 1.28. The van der Waals surface area contributed by atoms with Crippen LogP contribution < -0.4 is 11.0 Å². The fourth-order valence-electron chi connectivity index (χ4n) is 3.19. The molecule has 2 aromatic carbocycles. The van der Waals surface area contributed by atoms with E-state index in [1.807, 2.05) is 19.1 Å². The number of anilines is 1. The van der Waals surface area contributed by atoms with Gasteiger partial charge in [0, 0.05) is 12.2 Å². The normalized spacial score (nSPS) is 10.6. The van der Waals surface area contributed by atoms with E-state index in [0.29, 0.717) is 23.3 Å². The molecule has 0 saturated heterocycles. The second kappa shape index (κ2) is 9.75. The van der Waals surface area contributed by atoms with E-state index >= 15 is 0 Å². The van der Waals surface area contributed by atoms with Gasteiger partial charge in [-0.05, 0) is 42.8 Å². The number of fused-ring (bicyclic) bond motifs is 1. The predicted molar refractivity (Wildman–Crippen MR) is 114 cm³/mol. The Morgan fingerprint density at radius 2 is 1.61 bits per heavy atom. The molecule has 0 spiro atoms. The number of hydrogen-bond donors (Lipinski definition) is 1. The van der Waals surface area contributed by atoms with Crippen LogP contribution in [0.4, 0.5) is 5.69 Å². The molecule has 1 amide bonds. The van der Waals surface area contributed by atoms with Crippen molar-refractivity contribution in [3.63, 3.8) is 0 Å². The predicted octanol–water partition coefficient (Wildman–Crippen LogP) is 2.18. The van der Waals surface area contributed by atoms with E-state index in [2.05, 4.69) is 10.1 Å². The van der Waals surface area contributed by atoms with Gasteiger partial charge < -0.3 is 14.8 Å². The first kappa shape index (κ1) is 21.8. The van der Waals surface area contributed by atoms with Crippen molar-refractivity contribution in [2.75, 3.05) is 19.0 Å². The second-order valence-electron chi connectivity index (χ2n) is 6.79. The van der Waals surface area contributed by atoms with Crippen LogP contribution >= 0.6 is 0 Å². The first-order chi connectivity index (χ1) is 14.9. The Kier molecular flexibility index (Phi) is 6.86. The minimum Gasteiger partial charge on any atom is -0.465 e. The molecule has 0 atom stereocenters. The molecule has 0 aliphatic carbocycles. The SMILES string of the molecule is CCCn1c(=O)n(CC(=O)OCC(=O)Nc2ccc(C(=O)OC)cc2)c2ccccc21. The lowest BCUT2D eigenvalue weighted by Crippen LogP contribution is -2.29. The van der Waals surface area contributed by atoms with E-state index in [0.717, 1.165) is 11.9 Å². The number of imidazole rings is 1. The number of carbonyl (C=O) groups is 3. The number of aromatic nitrogens is 2. The molecule has 3 rings (SSSR count). The summed E-state index contributed by atoms with van der Waals surface area (Å²) in [6.45, 7) is 1.71. The Balaban J connectivity index is 1.60. The van der Waals surface area contributed by atoms with Crippen LogP contribution in [0.25, 0.3) is 11.0 Å². The summed E-state index contributed by atoms with van der Waals surface area (Å²) in [6, 6.07) is 13.3. The van der Waals surface area contributed by atoms with Gasteiger partial charge in [-0.15, -0.1) is 0 Å². The third-order valence-corrected chi connectivity index (χ3v) is 4.61. The second-order valence-corrected chi connectivity index (χ2v) is 6.79. The van der Waals surface area contributed by atoms with E-state index in [1.54, 1.807) is 16.7 Å². The summed E-state index contributed by atoms with van der Waals surface area (Å²) in [4.78, 5) is 48.4. The van der Waals surface area contributed by atoms with Crippen molar-refractivity contribution in [3.05, 3.63) is 64.6 Å². The topological polar surface area (TPSA) is 109 Å². The van der Waals surface area contributed by atoms with Gasteiger partial charge in [-0.1, -0.05) is 19.1 Å². The number of nitrogens with zero attached hydrogens (tertiary/aromatic N) is 2. The zero-order chi connectivity index (χ0) is 22.4.